The molecule has 1 saturated carbocycles. The van der Waals surface area contributed by atoms with Gasteiger partial charge in [-0.1, -0.05) is 18.7 Å². The molecule has 1 aromatic carbocycles. The highest BCUT2D eigenvalue weighted by Crippen LogP contribution is 2.48. The number of hydrogen-bond donors (Lipinski definition) is 1. The second-order valence-corrected chi connectivity index (χ2v) is 8.56. The number of esters is 1. The molecule has 1 N–H and O–H groups in total. The Morgan fingerprint density at radius 3 is 2.62 bits per heavy atom. The molecule has 2 heterocycles. The summed E-state index contributed by atoms with van der Waals surface area (Å²) in [5.74, 6) is 0.730. The number of ether oxygens (including phenoxy) is 3. The molecule has 1 amide bonds. The van der Waals surface area contributed by atoms with Crippen LogP contribution in [0.1, 0.15) is 44.2 Å². The van der Waals surface area contributed by atoms with E-state index in [0.29, 0.717) is 29.2 Å². The predicted molar refractivity (Wildman–Crippen MR) is 122 cm³/mol. The molecule has 0 saturated heterocycles. The van der Waals surface area contributed by atoms with Crippen molar-refractivity contribution in [2.75, 3.05) is 21.3 Å². The molecule has 170 valence electrons. The van der Waals surface area contributed by atoms with Gasteiger partial charge in [-0.2, -0.15) is 0 Å². The molecule has 4 rings (SSSR count). The number of rotatable bonds is 8. The van der Waals surface area contributed by atoms with Crippen LogP contribution in [0.5, 0.6) is 11.5 Å². The van der Waals surface area contributed by atoms with E-state index in [9.17, 15) is 9.59 Å². The summed E-state index contributed by atoms with van der Waals surface area (Å²) in [5, 5.41) is 5.69. The Morgan fingerprint density at radius 1 is 1.22 bits per heavy atom. The fourth-order valence-corrected chi connectivity index (χ4v) is 4.86. The molecule has 1 aromatic rings. The van der Waals surface area contributed by atoms with Crippen LogP contribution in [0.15, 0.2) is 45.6 Å². The molecule has 0 aromatic heterocycles. The number of amidine groups is 1. The Balaban J connectivity index is 1.80. The molecule has 9 heteroatoms. The summed E-state index contributed by atoms with van der Waals surface area (Å²) >= 11 is 1.45. The van der Waals surface area contributed by atoms with E-state index >= 15 is 0 Å². The van der Waals surface area contributed by atoms with Crippen LogP contribution in [0.2, 0.25) is 0 Å². The van der Waals surface area contributed by atoms with Gasteiger partial charge in [-0.3, -0.25) is 4.79 Å². The molecular weight excluding hydrogens is 430 g/mol. The maximum absolute atomic E-state index is 13.0. The Bertz CT molecular complexity index is 1030. The van der Waals surface area contributed by atoms with Gasteiger partial charge in [0.2, 0.25) is 5.91 Å². The number of hydrogen-bond acceptors (Lipinski definition) is 8. The number of aliphatic imine (C=N–C) groups is 1. The lowest BCUT2D eigenvalue weighted by Gasteiger charge is -2.37. The zero-order chi connectivity index (χ0) is 22.8. The second-order valence-electron chi connectivity index (χ2n) is 7.73. The lowest BCUT2D eigenvalue weighted by Crippen LogP contribution is -2.38. The second kappa shape index (κ2) is 9.28. The quantitative estimate of drug-likeness (QED) is 0.598. The van der Waals surface area contributed by atoms with Crippen LogP contribution in [-0.2, 0) is 14.3 Å². The van der Waals surface area contributed by atoms with E-state index in [1.54, 1.807) is 20.3 Å². The van der Waals surface area contributed by atoms with Gasteiger partial charge >= 0.3 is 5.97 Å². The number of fused-ring (bicyclic) bond motifs is 1. The number of methoxy groups -OCH3 is 3. The molecule has 1 atom stereocenters. The van der Waals surface area contributed by atoms with Crippen molar-refractivity contribution >= 4 is 28.8 Å². The van der Waals surface area contributed by atoms with Crippen LogP contribution in [0.25, 0.3) is 0 Å². The Labute approximate surface area is 191 Å². The number of benzene rings is 1. The summed E-state index contributed by atoms with van der Waals surface area (Å²) in [6.45, 7) is 1.96. The maximum atomic E-state index is 13.0. The highest BCUT2D eigenvalue weighted by atomic mass is 32.2. The van der Waals surface area contributed by atoms with E-state index in [-0.39, 0.29) is 18.4 Å². The summed E-state index contributed by atoms with van der Waals surface area (Å²) < 4.78 is 16.2. The highest BCUT2D eigenvalue weighted by Gasteiger charge is 2.42. The monoisotopic (exact) mass is 457 g/mol. The predicted octanol–water partition coefficient (Wildman–Crippen LogP) is 3.51. The molecule has 0 unspecified atom stereocenters. The number of nitrogens with one attached hydrogen (secondary N) is 1. The van der Waals surface area contributed by atoms with E-state index < -0.39 is 12.0 Å². The van der Waals surface area contributed by atoms with Crippen LogP contribution in [0.4, 0.5) is 0 Å². The molecule has 1 fully saturated rings. The molecule has 0 bridgehead atoms. The van der Waals surface area contributed by atoms with Gasteiger partial charge < -0.3 is 24.4 Å². The van der Waals surface area contributed by atoms with Crippen LogP contribution in [-0.4, -0.2) is 49.3 Å². The molecule has 1 aliphatic carbocycles. The molecule has 3 aliphatic rings. The Hall–Kier alpha value is -2.94. The van der Waals surface area contributed by atoms with Crippen molar-refractivity contribution in [3.8, 4) is 11.5 Å². The fourth-order valence-electron chi connectivity index (χ4n) is 3.92. The third kappa shape index (κ3) is 4.21. The molecule has 2 aliphatic heterocycles. The summed E-state index contributed by atoms with van der Waals surface area (Å²) in [5.41, 5.74) is 2.66. The van der Waals surface area contributed by atoms with Gasteiger partial charge in [0.15, 0.2) is 5.17 Å². The number of allylic oxidation sites excluding steroid dienone is 1. The molecule has 32 heavy (non-hydrogen) atoms. The van der Waals surface area contributed by atoms with E-state index in [1.165, 1.54) is 18.9 Å². The van der Waals surface area contributed by atoms with Crippen LogP contribution in [0, 0.1) is 0 Å². The lowest BCUT2D eigenvalue weighted by atomic mass is 9.92. The minimum absolute atomic E-state index is 0.0362. The first-order valence-corrected chi connectivity index (χ1v) is 11.4. The summed E-state index contributed by atoms with van der Waals surface area (Å²) in [6, 6.07) is 5.23. The van der Waals surface area contributed by atoms with Gasteiger partial charge in [-0.15, -0.1) is 0 Å². The standard InChI is InChI=1S/C23H27N3O5S/c1-5-17-20(22(28)31-4)21(16-9-8-15(29-2)11-18(16)30-3)26-14(12-32-23(26)25-17)10-19(27)24-13-6-7-13/h8-9,11-13,21H,5-7,10H2,1-4H3,(H,24,27)/t21-/m1/s1. The van der Waals surface area contributed by atoms with Gasteiger partial charge in [-0.25, -0.2) is 9.79 Å². The van der Waals surface area contributed by atoms with Crippen molar-refractivity contribution < 1.29 is 23.8 Å². The van der Waals surface area contributed by atoms with Gasteiger partial charge in [0.25, 0.3) is 0 Å². The average Bonchev–Trinajstić information content (AvgIpc) is 3.54. The van der Waals surface area contributed by atoms with Gasteiger partial charge in [0, 0.05) is 23.4 Å². The molecule has 8 nitrogen and oxygen atoms in total. The maximum Gasteiger partial charge on any atom is 0.338 e. The normalized spacial score (nSPS) is 19.8. The first-order chi connectivity index (χ1) is 15.5. The number of carbonyl (C=O) groups excluding carboxylic acids is 2. The highest BCUT2D eigenvalue weighted by molar-refractivity contribution is 8.16. The van der Waals surface area contributed by atoms with Crippen molar-refractivity contribution in [3.05, 3.63) is 46.1 Å². The molecule has 0 radical (unpaired) electrons. The Kier molecular flexibility index (Phi) is 6.45. The minimum atomic E-state index is -0.541. The molecular formula is C23H27N3O5S. The average molecular weight is 458 g/mol. The third-order valence-electron chi connectivity index (χ3n) is 5.65. The topological polar surface area (TPSA) is 89.5 Å². The largest absolute Gasteiger partial charge is 0.497 e. The van der Waals surface area contributed by atoms with Crippen molar-refractivity contribution in [2.24, 2.45) is 4.99 Å². The first kappa shape index (κ1) is 22.3. The summed E-state index contributed by atoms with van der Waals surface area (Å²) in [4.78, 5) is 32.3. The van der Waals surface area contributed by atoms with E-state index in [0.717, 1.165) is 29.3 Å². The van der Waals surface area contributed by atoms with Gasteiger partial charge in [0.05, 0.1) is 45.1 Å². The van der Waals surface area contributed by atoms with E-state index in [2.05, 4.69) is 5.32 Å². The lowest BCUT2D eigenvalue weighted by molar-refractivity contribution is -0.136. The Morgan fingerprint density at radius 2 is 2.00 bits per heavy atom. The van der Waals surface area contributed by atoms with Gasteiger partial charge in [-0.05, 0) is 36.8 Å². The van der Waals surface area contributed by atoms with E-state index in [4.69, 9.17) is 19.2 Å². The van der Waals surface area contributed by atoms with Crippen molar-refractivity contribution in [1.82, 2.24) is 10.2 Å². The number of thioether (sulfide) groups is 1. The molecule has 0 spiro atoms. The summed E-state index contributed by atoms with van der Waals surface area (Å²) in [7, 11) is 4.53. The van der Waals surface area contributed by atoms with Crippen molar-refractivity contribution in [2.45, 2.75) is 44.7 Å². The smallest absolute Gasteiger partial charge is 0.338 e. The summed E-state index contributed by atoms with van der Waals surface area (Å²) in [6.07, 6.45) is 2.82. The van der Waals surface area contributed by atoms with Crippen molar-refractivity contribution in [3.63, 3.8) is 0 Å². The third-order valence-corrected chi connectivity index (χ3v) is 6.54. The number of nitrogens with zero attached hydrogens (tertiary/aromatic N) is 2. The zero-order valence-corrected chi connectivity index (χ0v) is 19.5. The van der Waals surface area contributed by atoms with Crippen molar-refractivity contribution in [1.29, 1.82) is 0 Å². The number of amides is 1. The van der Waals surface area contributed by atoms with Crippen LogP contribution >= 0.6 is 11.8 Å². The SMILES string of the molecule is CCC1=C(C(=O)OC)[C@@H](c2ccc(OC)cc2OC)N2C(CC(=O)NC3CC3)=CSC2=N1. The number of carbonyl (C=O) groups is 2. The van der Waals surface area contributed by atoms with Gasteiger partial charge in [0.1, 0.15) is 11.5 Å². The zero-order valence-electron chi connectivity index (χ0n) is 18.6. The minimum Gasteiger partial charge on any atom is -0.497 e. The van der Waals surface area contributed by atoms with Crippen LogP contribution < -0.4 is 14.8 Å². The van der Waals surface area contributed by atoms with Crippen LogP contribution in [0.3, 0.4) is 0 Å². The van der Waals surface area contributed by atoms with E-state index in [1.807, 2.05) is 29.4 Å². The first-order valence-electron chi connectivity index (χ1n) is 10.6. The fraction of sp³-hybridized carbons (Fsp3) is 0.435.